The molecule has 3 atom stereocenters. The van der Waals surface area contributed by atoms with Crippen molar-refractivity contribution in [3.05, 3.63) is 0 Å². The molecule has 0 radical (unpaired) electrons. The number of rotatable bonds is 6. The summed E-state index contributed by atoms with van der Waals surface area (Å²) in [5, 5.41) is 14.7. The summed E-state index contributed by atoms with van der Waals surface area (Å²) in [6, 6.07) is -0.353. The predicted molar refractivity (Wildman–Crippen MR) is 67.8 cm³/mol. The Morgan fingerprint density at radius 3 is 2.83 bits per heavy atom. The molecule has 0 bridgehead atoms. The first kappa shape index (κ1) is 14.5. The number of carbonyl (C=O) groups is 2. The summed E-state index contributed by atoms with van der Waals surface area (Å²) in [6.45, 7) is 2.52. The molecule has 1 amide bonds. The van der Waals surface area contributed by atoms with Crippen molar-refractivity contribution in [2.24, 2.45) is 11.8 Å². The Labute approximate surface area is 107 Å². The van der Waals surface area contributed by atoms with Gasteiger partial charge in [0.25, 0.3) is 0 Å². The fourth-order valence-corrected chi connectivity index (χ4v) is 2.32. The topological polar surface area (TPSA) is 78.4 Å². The highest BCUT2D eigenvalue weighted by atomic mass is 16.4. The highest BCUT2D eigenvalue weighted by molar-refractivity contribution is 5.81. The fraction of sp³-hybridized carbons (Fsp3) is 0.692. The lowest BCUT2D eigenvalue weighted by molar-refractivity contribution is -0.142. The maximum absolute atomic E-state index is 11.5. The standard InChI is InChI=1S/C13H20N2O3/c1-3-7-14-12(16)9(2)15-8-10-5-4-6-11(10)13(17)18/h1,9-11,15H,4-8H2,2H3,(H,14,16)(H,17,18). The molecule has 100 valence electrons. The summed E-state index contributed by atoms with van der Waals surface area (Å²) >= 11 is 0. The summed E-state index contributed by atoms with van der Waals surface area (Å²) in [7, 11) is 0. The largest absolute Gasteiger partial charge is 0.481 e. The van der Waals surface area contributed by atoms with E-state index < -0.39 is 5.97 Å². The zero-order valence-corrected chi connectivity index (χ0v) is 10.6. The molecular weight excluding hydrogens is 232 g/mol. The SMILES string of the molecule is C#CCNC(=O)C(C)NCC1CCCC1C(=O)O. The quantitative estimate of drug-likeness (QED) is 0.591. The van der Waals surface area contributed by atoms with Crippen LogP contribution in [0.4, 0.5) is 0 Å². The number of aliphatic carboxylic acids is 1. The summed E-state index contributed by atoms with van der Waals surface area (Å²) in [4.78, 5) is 22.5. The van der Waals surface area contributed by atoms with Crippen molar-refractivity contribution in [3.63, 3.8) is 0 Å². The van der Waals surface area contributed by atoms with Crippen molar-refractivity contribution < 1.29 is 14.7 Å². The number of hydrogen-bond donors (Lipinski definition) is 3. The Hall–Kier alpha value is -1.54. The van der Waals surface area contributed by atoms with E-state index >= 15 is 0 Å². The molecule has 0 heterocycles. The van der Waals surface area contributed by atoms with Crippen molar-refractivity contribution in [1.29, 1.82) is 0 Å². The number of carboxylic acids is 1. The van der Waals surface area contributed by atoms with Crippen LogP contribution in [0, 0.1) is 24.2 Å². The normalized spacial score (nSPS) is 24.2. The first-order valence-electron chi connectivity index (χ1n) is 6.23. The number of terminal acetylenes is 1. The van der Waals surface area contributed by atoms with Crippen molar-refractivity contribution >= 4 is 11.9 Å². The van der Waals surface area contributed by atoms with Crippen LogP contribution < -0.4 is 10.6 Å². The second kappa shape index (κ2) is 7.02. The fourth-order valence-electron chi connectivity index (χ4n) is 2.32. The lowest BCUT2D eigenvalue weighted by Gasteiger charge is -2.19. The molecule has 5 heteroatoms. The highest BCUT2D eigenvalue weighted by Gasteiger charge is 2.32. The molecule has 0 saturated heterocycles. The Balaban J connectivity index is 2.34. The third-order valence-corrected chi connectivity index (χ3v) is 3.42. The smallest absolute Gasteiger partial charge is 0.306 e. The number of amides is 1. The Bertz CT molecular complexity index is 349. The molecule has 1 saturated carbocycles. The third-order valence-electron chi connectivity index (χ3n) is 3.42. The second-order valence-electron chi connectivity index (χ2n) is 4.69. The molecule has 1 aliphatic rings. The molecule has 3 unspecified atom stereocenters. The molecule has 0 aromatic heterocycles. The van der Waals surface area contributed by atoms with Crippen LogP contribution in [0.2, 0.25) is 0 Å². The first-order chi connectivity index (χ1) is 8.56. The van der Waals surface area contributed by atoms with Crippen molar-refractivity contribution in [3.8, 4) is 12.3 Å². The lowest BCUT2D eigenvalue weighted by atomic mass is 9.96. The average molecular weight is 252 g/mol. The number of carbonyl (C=O) groups excluding carboxylic acids is 1. The molecule has 1 aliphatic carbocycles. The van der Waals surface area contributed by atoms with E-state index in [2.05, 4.69) is 16.6 Å². The summed E-state index contributed by atoms with van der Waals surface area (Å²) in [6.07, 6.45) is 7.64. The van der Waals surface area contributed by atoms with Gasteiger partial charge >= 0.3 is 5.97 Å². The Morgan fingerprint density at radius 1 is 1.50 bits per heavy atom. The first-order valence-corrected chi connectivity index (χ1v) is 6.23. The van der Waals surface area contributed by atoms with Crippen molar-refractivity contribution in [1.82, 2.24) is 10.6 Å². The van der Waals surface area contributed by atoms with Crippen LogP contribution in [0.25, 0.3) is 0 Å². The van der Waals surface area contributed by atoms with Crippen molar-refractivity contribution in [2.75, 3.05) is 13.1 Å². The minimum absolute atomic E-state index is 0.116. The molecule has 0 aliphatic heterocycles. The van der Waals surface area contributed by atoms with Gasteiger partial charge in [-0.05, 0) is 32.2 Å². The maximum atomic E-state index is 11.5. The van der Waals surface area contributed by atoms with Crippen LogP contribution in [0.3, 0.4) is 0 Å². The van der Waals surface area contributed by atoms with E-state index in [-0.39, 0.29) is 30.3 Å². The van der Waals surface area contributed by atoms with Gasteiger partial charge in [0.15, 0.2) is 0 Å². The van der Waals surface area contributed by atoms with E-state index in [0.29, 0.717) is 6.54 Å². The van der Waals surface area contributed by atoms with Gasteiger partial charge in [-0.25, -0.2) is 0 Å². The van der Waals surface area contributed by atoms with E-state index in [9.17, 15) is 9.59 Å². The zero-order valence-electron chi connectivity index (χ0n) is 10.6. The van der Waals surface area contributed by atoms with Crippen LogP contribution in [-0.4, -0.2) is 36.1 Å². The molecular formula is C13H20N2O3. The predicted octanol–water partition coefficient (Wildman–Crippen LogP) is 0.215. The van der Waals surface area contributed by atoms with Gasteiger partial charge in [0.05, 0.1) is 18.5 Å². The van der Waals surface area contributed by atoms with E-state index in [1.165, 1.54) is 0 Å². The van der Waals surface area contributed by atoms with E-state index in [4.69, 9.17) is 11.5 Å². The van der Waals surface area contributed by atoms with Crippen LogP contribution in [0.5, 0.6) is 0 Å². The molecule has 0 aromatic carbocycles. The second-order valence-corrected chi connectivity index (χ2v) is 4.69. The van der Waals surface area contributed by atoms with Gasteiger partial charge in [-0.3, -0.25) is 9.59 Å². The van der Waals surface area contributed by atoms with Crippen LogP contribution in [-0.2, 0) is 9.59 Å². The van der Waals surface area contributed by atoms with E-state index in [1.807, 2.05) is 0 Å². The van der Waals surface area contributed by atoms with Gasteiger partial charge in [-0.1, -0.05) is 12.3 Å². The van der Waals surface area contributed by atoms with Crippen LogP contribution in [0.1, 0.15) is 26.2 Å². The molecule has 0 spiro atoms. The minimum atomic E-state index is -0.733. The third kappa shape index (κ3) is 4.04. The van der Waals surface area contributed by atoms with Crippen molar-refractivity contribution in [2.45, 2.75) is 32.2 Å². The Morgan fingerprint density at radius 2 is 2.22 bits per heavy atom. The van der Waals surface area contributed by atoms with Gasteiger partial charge in [0.2, 0.25) is 5.91 Å². The Kier molecular flexibility index (Phi) is 5.66. The summed E-state index contributed by atoms with van der Waals surface area (Å²) in [5.74, 6) is 1.28. The molecule has 5 nitrogen and oxygen atoms in total. The van der Waals surface area contributed by atoms with E-state index in [1.54, 1.807) is 6.92 Å². The molecule has 1 fully saturated rings. The van der Waals surface area contributed by atoms with Gasteiger partial charge in [-0.15, -0.1) is 6.42 Å². The zero-order chi connectivity index (χ0) is 13.5. The van der Waals surface area contributed by atoms with Gasteiger partial charge in [-0.2, -0.15) is 0 Å². The van der Waals surface area contributed by atoms with Gasteiger partial charge in [0, 0.05) is 0 Å². The number of carboxylic acid groups (broad SMARTS) is 1. The number of nitrogens with one attached hydrogen (secondary N) is 2. The molecule has 1 rings (SSSR count). The van der Waals surface area contributed by atoms with Crippen LogP contribution in [0.15, 0.2) is 0 Å². The maximum Gasteiger partial charge on any atom is 0.306 e. The van der Waals surface area contributed by atoms with E-state index in [0.717, 1.165) is 19.3 Å². The van der Waals surface area contributed by atoms with Gasteiger partial charge in [0.1, 0.15) is 0 Å². The van der Waals surface area contributed by atoms with Crippen LogP contribution >= 0.6 is 0 Å². The highest BCUT2D eigenvalue weighted by Crippen LogP contribution is 2.31. The molecule has 18 heavy (non-hydrogen) atoms. The van der Waals surface area contributed by atoms with Gasteiger partial charge < -0.3 is 15.7 Å². The number of hydrogen-bond acceptors (Lipinski definition) is 3. The molecule has 3 N–H and O–H groups in total. The monoisotopic (exact) mass is 252 g/mol. The lowest BCUT2D eigenvalue weighted by Crippen LogP contribution is -2.44. The summed E-state index contributed by atoms with van der Waals surface area (Å²) < 4.78 is 0. The summed E-state index contributed by atoms with van der Waals surface area (Å²) in [5.41, 5.74) is 0. The minimum Gasteiger partial charge on any atom is -0.481 e. The average Bonchev–Trinajstić information content (AvgIpc) is 2.81. The molecule has 0 aromatic rings.